The van der Waals surface area contributed by atoms with Crippen LogP contribution in [-0.2, 0) is 41.6 Å². The standard InChI is InChI=1S/2ClH.Hg.Ru/h2*1H;;/q;;+2;/p-2. The zero-order valence-corrected chi connectivity index (χ0v) is 10.6. The van der Waals surface area contributed by atoms with E-state index in [-0.39, 0.29) is 19.5 Å². The second-order valence-corrected chi connectivity index (χ2v) is 7.98. The topological polar surface area (TPSA) is 0 Å². The maximum Gasteiger partial charge on any atom is 0 e. The van der Waals surface area contributed by atoms with Crippen LogP contribution in [0.5, 0.6) is 0 Å². The van der Waals surface area contributed by atoms with E-state index in [1.807, 2.05) is 0 Å². The predicted molar refractivity (Wildman–Crippen MR) is 11.7 cm³/mol. The van der Waals surface area contributed by atoms with Gasteiger partial charge in [0.05, 0.1) is 0 Å². The number of rotatable bonds is 0. The fourth-order valence-electron chi connectivity index (χ4n) is 0. The van der Waals surface area contributed by atoms with Crippen LogP contribution in [0.2, 0.25) is 0 Å². The normalized spacial score (nSPS) is 2.50. The molecule has 0 saturated heterocycles. The largest absolute Gasteiger partial charge is 0 e. The van der Waals surface area contributed by atoms with Gasteiger partial charge in [-0.05, 0) is 0 Å². The molecule has 0 spiro atoms. The fraction of sp³-hybridized carbons (Fsp3) is 0. The molecule has 0 nitrogen and oxygen atoms in total. The van der Waals surface area contributed by atoms with Crippen molar-refractivity contribution in [2.45, 2.75) is 0 Å². The third kappa shape index (κ3) is 8.91. The van der Waals surface area contributed by atoms with E-state index in [4.69, 9.17) is 16.5 Å². The molecular formula is Cl2HgRu. The molecule has 0 bridgehead atoms. The molecule has 0 aromatic rings. The van der Waals surface area contributed by atoms with Crippen LogP contribution in [0.15, 0.2) is 0 Å². The summed E-state index contributed by atoms with van der Waals surface area (Å²) in [4.78, 5) is 0. The van der Waals surface area contributed by atoms with E-state index in [1.54, 1.807) is 0 Å². The maximum absolute atomic E-state index is 4.99. The van der Waals surface area contributed by atoms with Crippen molar-refractivity contribution < 1.29 is 41.6 Å². The Morgan fingerprint density at radius 1 is 1.25 bits per heavy atom. The van der Waals surface area contributed by atoms with Crippen molar-refractivity contribution >= 4 is 16.5 Å². The molecule has 0 N–H and O–H groups in total. The Kier molecular flexibility index (Phi) is 21.1. The van der Waals surface area contributed by atoms with Gasteiger partial charge in [-0.3, -0.25) is 0 Å². The predicted octanol–water partition coefficient (Wildman–Crippen LogP) is 1.37. The van der Waals surface area contributed by atoms with Crippen LogP contribution < -0.4 is 0 Å². The van der Waals surface area contributed by atoms with Gasteiger partial charge < -0.3 is 0 Å². The summed E-state index contributed by atoms with van der Waals surface area (Å²) >= 11 is -1.14. The molecule has 4 heavy (non-hydrogen) atoms. The first-order valence-electron chi connectivity index (χ1n) is 0.535. The van der Waals surface area contributed by atoms with E-state index in [2.05, 4.69) is 0 Å². The van der Waals surface area contributed by atoms with Gasteiger partial charge in [0.15, 0.2) is 0 Å². The molecule has 0 amide bonds. The SMILES string of the molecule is [Cl][Hg][Cl].[Ru]. The first-order chi connectivity index (χ1) is 1.41. The molecule has 0 rings (SSSR count). The molecule has 0 aliphatic rings. The van der Waals surface area contributed by atoms with Crippen molar-refractivity contribution in [3.63, 3.8) is 0 Å². The summed E-state index contributed by atoms with van der Waals surface area (Å²) in [6.45, 7) is 0. The molecule has 0 radical (unpaired) electrons. The van der Waals surface area contributed by atoms with Gasteiger partial charge in [0.25, 0.3) is 0 Å². The Morgan fingerprint density at radius 3 is 1.25 bits per heavy atom. The molecule has 24 valence electrons. The second kappa shape index (κ2) is 8.93. The molecule has 0 atom stereocenters. The Labute approximate surface area is 57.3 Å². The van der Waals surface area contributed by atoms with E-state index in [0.29, 0.717) is 0 Å². The number of halogens is 2. The third-order valence-electron chi connectivity index (χ3n) is 0. The van der Waals surface area contributed by atoms with E-state index < -0.39 is 22.1 Å². The summed E-state index contributed by atoms with van der Waals surface area (Å²) in [5.74, 6) is 0. The molecule has 0 aromatic carbocycles. The van der Waals surface area contributed by atoms with Gasteiger partial charge >= 0.3 is 38.6 Å². The molecule has 0 aromatic heterocycles. The summed E-state index contributed by atoms with van der Waals surface area (Å²) in [5.41, 5.74) is 0. The molecule has 0 fully saturated rings. The van der Waals surface area contributed by atoms with Crippen LogP contribution in [-0.4, -0.2) is 0 Å². The molecule has 0 aliphatic heterocycles. The molecule has 0 aliphatic carbocycles. The van der Waals surface area contributed by atoms with E-state index in [1.165, 1.54) is 0 Å². The van der Waals surface area contributed by atoms with Crippen molar-refractivity contribution in [3.05, 3.63) is 0 Å². The van der Waals surface area contributed by atoms with Gasteiger partial charge in [-0.1, -0.05) is 0 Å². The van der Waals surface area contributed by atoms with Gasteiger partial charge in [-0.2, -0.15) is 0 Å². The summed E-state index contributed by atoms with van der Waals surface area (Å²) in [6, 6.07) is 0. The molecule has 0 heterocycles. The molecule has 0 saturated carbocycles. The average molecular weight is 373 g/mol. The number of hydrogen-bond acceptors (Lipinski definition) is 0. The monoisotopic (exact) mass is 374 g/mol. The van der Waals surface area contributed by atoms with Crippen LogP contribution in [0, 0.1) is 0 Å². The smallest absolute Gasteiger partial charge is 0 e. The minimum atomic E-state index is -1.14. The maximum atomic E-state index is 4.99. The van der Waals surface area contributed by atoms with Crippen LogP contribution in [0.1, 0.15) is 0 Å². The minimum absolute atomic E-state index is 0. The zero-order valence-electron chi connectivity index (χ0n) is 1.82. The molecule has 4 heteroatoms. The van der Waals surface area contributed by atoms with Crippen molar-refractivity contribution in [3.8, 4) is 0 Å². The van der Waals surface area contributed by atoms with Crippen LogP contribution >= 0.6 is 16.5 Å². The van der Waals surface area contributed by atoms with Crippen LogP contribution in [0.4, 0.5) is 0 Å². The van der Waals surface area contributed by atoms with E-state index >= 15 is 0 Å². The Hall–Kier alpha value is 2.14. The van der Waals surface area contributed by atoms with Crippen molar-refractivity contribution in [2.24, 2.45) is 0 Å². The van der Waals surface area contributed by atoms with Gasteiger partial charge in [0.1, 0.15) is 0 Å². The Morgan fingerprint density at radius 2 is 1.25 bits per heavy atom. The van der Waals surface area contributed by atoms with Gasteiger partial charge in [0, 0.05) is 19.5 Å². The summed E-state index contributed by atoms with van der Waals surface area (Å²) in [5, 5.41) is 0. The van der Waals surface area contributed by atoms with Crippen molar-refractivity contribution in [1.29, 1.82) is 0 Å². The molecular weight excluding hydrogens is 373 g/mol. The fourth-order valence-corrected chi connectivity index (χ4v) is 0. The van der Waals surface area contributed by atoms with Crippen molar-refractivity contribution in [1.82, 2.24) is 0 Å². The summed E-state index contributed by atoms with van der Waals surface area (Å²) in [6.07, 6.45) is 0. The summed E-state index contributed by atoms with van der Waals surface area (Å²) in [7, 11) is 9.97. The van der Waals surface area contributed by atoms with Gasteiger partial charge in [-0.15, -0.1) is 0 Å². The third-order valence-corrected chi connectivity index (χ3v) is 0. The quantitative estimate of drug-likeness (QED) is 0.564. The van der Waals surface area contributed by atoms with Crippen LogP contribution in [0.25, 0.3) is 0 Å². The Balaban J connectivity index is 0. The zero-order chi connectivity index (χ0) is 2.71. The Bertz CT molecular complexity index is 6.00. The van der Waals surface area contributed by atoms with Crippen LogP contribution in [0.3, 0.4) is 0 Å². The summed E-state index contributed by atoms with van der Waals surface area (Å²) < 4.78 is 0. The molecule has 0 unspecified atom stereocenters. The van der Waals surface area contributed by atoms with E-state index in [0.717, 1.165) is 0 Å². The van der Waals surface area contributed by atoms with Gasteiger partial charge in [0.2, 0.25) is 0 Å². The van der Waals surface area contributed by atoms with E-state index in [9.17, 15) is 0 Å². The first-order valence-corrected chi connectivity index (χ1v) is 14.1. The van der Waals surface area contributed by atoms with Gasteiger partial charge in [-0.25, -0.2) is 0 Å². The number of hydrogen-bond donors (Lipinski definition) is 0. The first kappa shape index (κ1) is 9.46. The minimum Gasteiger partial charge on any atom is 0 e. The second-order valence-electron chi connectivity index (χ2n) is 0.101. The average Bonchev–Trinajstić information content (AvgIpc) is 0.918. The van der Waals surface area contributed by atoms with Crippen molar-refractivity contribution in [2.75, 3.05) is 0 Å².